The third-order valence-electron chi connectivity index (χ3n) is 8.57. The van der Waals surface area contributed by atoms with Crippen LogP contribution in [0.15, 0.2) is 57.9 Å². The Hall–Kier alpha value is -4.21. The molecule has 46 heavy (non-hydrogen) atoms. The largest absolute Gasteiger partial charge is 0.397 e. The average Bonchev–Trinajstić information content (AvgIpc) is 3.02. The van der Waals surface area contributed by atoms with Crippen LogP contribution in [0.2, 0.25) is 5.02 Å². The summed E-state index contributed by atoms with van der Waals surface area (Å²) in [5, 5.41) is 13.0. The number of hydrogen-bond acceptors (Lipinski definition) is 7. The second kappa shape index (κ2) is 12.5. The lowest BCUT2D eigenvalue weighted by molar-refractivity contribution is -0.128. The normalized spacial score (nSPS) is 23.8. The number of aromatic nitrogens is 2. The van der Waals surface area contributed by atoms with Crippen molar-refractivity contribution in [2.24, 2.45) is 11.7 Å². The van der Waals surface area contributed by atoms with E-state index in [-0.39, 0.29) is 70.5 Å². The SMILES string of the molecule is C=CC(=O)N1CCN(c2c(C#N)c(=O)n(C3=C(C)C=CNC3C(C)C)c3nc(C4=C(N)C(Cl)=C(F)C(F)C4F)c(Cl)cc23)C[C@H]1C. The predicted octanol–water partition coefficient (Wildman–Crippen LogP) is 5.30. The van der Waals surface area contributed by atoms with E-state index in [9.17, 15) is 23.6 Å². The molecule has 242 valence electrons. The van der Waals surface area contributed by atoms with Crippen LogP contribution in [0.3, 0.4) is 0 Å². The number of nitrogens with zero attached hydrogens (tertiary/aromatic N) is 5. The van der Waals surface area contributed by atoms with Gasteiger partial charge in [-0.3, -0.25) is 14.2 Å². The predicted molar refractivity (Wildman–Crippen MR) is 174 cm³/mol. The lowest BCUT2D eigenvalue weighted by Gasteiger charge is -2.41. The molecule has 1 aliphatic carbocycles. The monoisotopic (exact) mass is 673 g/mol. The van der Waals surface area contributed by atoms with Crippen molar-refractivity contribution in [3.8, 4) is 6.07 Å². The molecule has 0 saturated carbocycles. The van der Waals surface area contributed by atoms with E-state index < -0.39 is 46.1 Å². The van der Waals surface area contributed by atoms with Crippen LogP contribution in [0.25, 0.3) is 22.3 Å². The fourth-order valence-electron chi connectivity index (χ4n) is 6.27. The average molecular weight is 675 g/mol. The summed E-state index contributed by atoms with van der Waals surface area (Å²) in [5.41, 5.74) is 5.05. The van der Waals surface area contributed by atoms with Crippen molar-refractivity contribution in [3.05, 3.63) is 79.8 Å². The first-order valence-corrected chi connectivity index (χ1v) is 15.3. The minimum atomic E-state index is -2.75. The first kappa shape index (κ1) is 33.2. The summed E-state index contributed by atoms with van der Waals surface area (Å²) in [6.45, 7) is 11.9. The number of nitriles is 1. The maximum atomic E-state index is 15.5. The molecule has 0 aromatic carbocycles. The molecular weight excluding hydrogens is 642 g/mol. The van der Waals surface area contributed by atoms with Gasteiger partial charge in [-0.25, -0.2) is 18.2 Å². The van der Waals surface area contributed by atoms with Gasteiger partial charge in [0, 0.05) is 36.6 Å². The molecular formula is C32H32Cl2F3N7O2. The van der Waals surface area contributed by atoms with Gasteiger partial charge in [-0.05, 0) is 49.8 Å². The highest BCUT2D eigenvalue weighted by Gasteiger charge is 2.41. The van der Waals surface area contributed by atoms with Crippen LogP contribution in [0.4, 0.5) is 18.9 Å². The minimum Gasteiger partial charge on any atom is -0.397 e. The summed E-state index contributed by atoms with van der Waals surface area (Å²) in [6.07, 6.45) is -0.602. The Kier molecular flexibility index (Phi) is 9.03. The van der Waals surface area contributed by atoms with Crippen molar-refractivity contribution in [3.63, 3.8) is 0 Å². The number of alkyl halides is 2. The Balaban J connectivity index is 1.88. The Morgan fingerprint density at radius 2 is 1.98 bits per heavy atom. The van der Waals surface area contributed by atoms with Gasteiger partial charge in [-0.2, -0.15) is 5.26 Å². The van der Waals surface area contributed by atoms with Crippen LogP contribution in [-0.2, 0) is 4.79 Å². The van der Waals surface area contributed by atoms with E-state index in [0.717, 1.165) is 0 Å². The number of rotatable bonds is 5. The Morgan fingerprint density at radius 1 is 1.28 bits per heavy atom. The van der Waals surface area contributed by atoms with E-state index in [1.54, 1.807) is 29.0 Å². The van der Waals surface area contributed by atoms with Gasteiger partial charge in [-0.1, -0.05) is 43.6 Å². The van der Waals surface area contributed by atoms with Gasteiger partial charge >= 0.3 is 0 Å². The number of nitrogens with two attached hydrogens (primary N) is 1. The molecule has 2 aromatic rings. The standard InChI is InChI=1S/C32H32Cl2F3N7O2/c1-6-20(45)43-10-9-42(13-16(43)5)30-17-11-19(33)28(21-23(35)25(37)24(36)22(34)26(21)39)41-31(17)44(32(46)18(30)12-38)29-15(4)7-8-40-27(29)14(2)3/h6-8,11,14,16,23,25,27,40H,1,9-10,13,39H2,2-5H3/t16-,23?,25?,27?/m1/s1. The summed E-state index contributed by atoms with van der Waals surface area (Å²) in [6, 6.07) is 2.75. The van der Waals surface area contributed by atoms with Crippen LogP contribution in [0, 0.1) is 17.2 Å². The van der Waals surface area contributed by atoms with Gasteiger partial charge in [0.1, 0.15) is 17.3 Å². The Labute approximate surface area is 273 Å². The molecule has 4 atom stereocenters. The summed E-state index contributed by atoms with van der Waals surface area (Å²) >= 11 is 12.7. The number of hydrogen-bond donors (Lipinski definition) is 2. The van der Waals surface area contributed by atoms with Crippen molar-refractivity contribution in [2.75, 3.05) is 24.5 Å². The minimum absolute atomic E-state index is 0.0122. The first-order chi connectivity index (χ1) is 21.7. The zero-order chi connectivity index (χ0) is 33.8. The second-order valence-corrected chi connectivity index (χ2v) is 12.6. The fourth-order valence-corrected chi connectivity index (χ4v) is 6.73. The van der Waals surface area contributed by atoms with Crippen molar-refractivity contribution < 1.29 is 18.0 Å². The van der Waals surface area contributed by atoms with Crippen molar-refractivity contribution in [1.82, 2.24) is 19.8 Å². The fraction of sp³-hybridized carbons (Fsp3) is 0.375. The Bertz CT molecular complexity index is 1890. The number of nitrogens with one attached hydrogen (secondary N) is 1. The highest BCUT2D eigenvalue weighted by atomic mass is 35.5. The zero-order valence-electron chi connectivity index (χ0n) is 25.5. The van der Waals surface area contributed by atoms with Crippen LogP contribution in [-0.4, -0.2) is 64.4 Å². The molecule has 1 saturated heterocycles. The molecule has 9 nitrogen and oxygen atoms in total. The quantitative estimate of drug-likeness (QED) is 0.414. The van der Waals surface area contributed by atoms with Crippen LogP contribution < -0.4 is 21.5 Å². The van der Waals surface area contributed by atoms with E-state index in [1.807, 2.05) is 20.8 Å². The molecule has 4 heterocycles. The number of carbonyl (C=O) groups excluding carboxylic acids is 1. The number of piperazine rings is 1. The number of allylic oxidation sites excluding steroid dienone is 5. The number of dihydropyridines is 1. The Morgan fingerprint density at radius 3 is 2.59 bits per heavy atom. The molecule has 3 aliphatic rings. The van der Waals surface area contributed by atoms with E-state index in [1.165, 1.54) is 16.7 Å². The highest BCUT2D eigenvalue weighted by molar-refractivity contribution is 6.35. The summed E-state index contributed by atoms with van der Waals surface area (Å²) in [5.74, 6) is -1.85. The van der Waals surface area contributed by atoms with E-state index in [2.05, 4.69) is 22.9 Å². The number of anilines is 1. The lowest BCUT2D eigenvalue weighted by Crippen LogP contribution is -2.54. The molecule has 3 unspecified atom stereocenters. The van der Waals surface area contributed by atoms with Crippen LogP contribution in [0.1, 0.15) is 39.0 Å². The molecule has 2 aromatic heterocycles. The molecule has 2 aliphatic heterocycles. The topological polar surface area (TPSA) is 120 Å². The summed E-state index contributed by atoms with van der Waals surface area (Å²) in [4.78, 5) is 35.0. The number of fused-ring (bicyclic) bond motifs is 1. The van der Waals surface area contributed by atoms with Gasteiger partial charge in [0.05, 0.1) is 38.9 Å². The van der Waals surface area contributed by atoms with Gasteiger partial charge in [0.15, 0.2) is 18.2 Å². The van der Waals surface area contributed by atoms with Crippen LogP contribution >= 0.6 is 23.2 Å². The number of halogens is 5. The molecule has 3 N–H and O–H groups in total. The highest BCUT2D eigenvalue weighted by Crippen LogP contribution is 2.43. The summed E-state index contributed by atoms with van der Waals surface area (Å²) < 4.78 is 45.9. The molecule has 0 spiro atoms. The van der Waals surface area contributed by atoms with Crippen LogP contribution in [0.5, 0.6) is 0 Å². The number of amides is 1. The van der Waals surface area contributed by atoms with Gasteiger partial charge < -0.3 is 20.9 Å². The van der Waals surface area contributed by atoms with Gasteiger partial charge in [-0.15, -0.1) is 0 Å². The zero-order valence-corrected chi connectivity index (χ0v) is 27.1. The maximum Gasteiger partial charge on any atom is 0.276 e. The third-order valence-corrected chi connectivity index (χ3v) is 9.24. The molecule has 5 rings (SSSR count). The molecule has 1 fully saturated rings. The van der Waals surface area contributed by atoms with Crippen molar-refractivity contribution in [1.29, 1.82) is 5.26 Å². The van der Waals surface area contributed by atoms with Crippen molar-refractivity contribution >= 4 is 57.1 Å². The van der Waals surface area contributed by atoms with Gasteiger partial charge in [0.2, 0.25) is 5.91 Å². The van der Waals surface area contributed by atoms with E-state index in [0.29, 0.717) is 11.3 Å². The molecule has 1 amide bonds. The molecule has 0 radical (unpaired) electrons. The second-order valence-electron chi connectivity index (χ2n) is 11.8. The smallest absolute Gasteiger partial charge is 0.276 e. The van der Waals surface area contributed by atoms with Gasteiger partial charge in [0.25, 0.3) is 5.56 Å². The molecule has 0 bridgehead atoms. The molecule has 14 heteroatoms. The number of pyridine rings is 2. The maximum absolute atomic E-state index is 15.5. The first-order valence-electron chi connectivity index (χ1n) is 14.6. The summed E-state index contributed by atoms with van der Waals surface area (Å²) in [7, 11) is 0. The lowest BCUT2D eigenvalue weighted by atomic mass is 9.93. The van der Waals surface area contributed by atoms with E-state index >= 15 is 4.39 Å². The third kappa shape index (κ3) is 5.25. The number of carbonyl (C=O) groups is 1. The van der Waals surface area contributed by atoms with E-state index in [4.69, 9.17) is 28.9 Å². The van der Waals surface area contributed by atoms with Crippen molar-refractivity contribution in [2.45, 2.75) is 52.1 Å².